The molecule has 0 aromatic heterocycles. The number of likely N-dealkylation sites (tertiary alicyclic amines) is 1. The number of nitro groups is 1. The minimum atomic E-state index is -0.973. The second-order valence-electron chi connectivity index (χ2n) is 18.4. The Morgan fingerprint density at radius 3 is 2.13 bits per heavy atom. The molecule has 1 aliphatic carbocycles. The molecule has 3 saturated heterocycles. The Hall–Kier alpha value is -7.01. The van der Waals surface area contributed by atoms with Gasteiger partial charge in [0.2, 0.25) is 11.8 Å². The summed E-state index contributed by atoms with van der Waals surface area (Å²) in [5.74, 6) is -1.26. The summed E-state index contributed by atoms with van der Waals surface area (Å²) < 4.78 is 12.8. The van der Waals surface area contributed by atoms with Crippen molar-refractivity contribution < 1.29 is 38.4 Å². The van der Waals surface area contributed by atoms with Crippen molar-refractivity contribution in [3.8, 4) is 5.75 Å². The summed E-state index contributed by atoms with van der Waals surface area (Å²) in [4.78, 5) is 84.8. The molecule has 5 heterocycles. The smallest absolute Gasteiger partial charge is 0.269 e. The van der Waals surface area contributed by atoms with Crippen LogP contribution in [0.1, 0.15) is 75.9 Å². The second kappa shape index (κ2) is 19.3. The van der Waals surface area contributed by atoms with Crippen LogP contribution in [0, 0.1) is 10.1 Å². The first-order chi connectivity index (χ1) is 33.0. The van der Waals surface area contributed by atoms with Crippen LogP contribution in [0.15, 0.2) is 103 Å². The van der Waals surface area contributed by atoms with Crippen LogP contribution in [-0.2, 0) is 25.7 Å². The molecular weight excluding hydrogens is 867 g/mol. The van der Waals surface area contributed by atoms with Gasteiger partial charge in [-0.25, -0.2) is 0 Å². The highest BCUT2D eigenvalue weighted by atomic mass is 16.6. The van der Waals surface area contributed by atoms with Gasteiger partial charge < -0.3 is 24.2 Å². The minimum absolute atomic E-state index is 0.0308. The van der Waals surface area contributed by atoms with E-state index in [4.69, 9.17) is 9.47 Å². The van der Waals surface area contributed by atoms with Crippen molar-refractivity contribution in [2.75, 3.05) is 62.2 Å². The number of benzene rings is 4. The number of para-hydroxylation sites is 1. The van der Waals surface area contributed by atoms with Crippen molar-refractivity contribution in [2.45, 2.75) is 69.4 Å². The Morgan fingerprint density at radius 1 is 0.706 bits per heavy atom. The van der Waals surface area contributed by atoms with Gasteiger partial charge in [-0.3, -0.25) is 49.2 Å². The van der Waals surface area contributed by atoms with E-state index < -0.39 is 34.6 Å². The number of allylic oxidation sites excluding steroid dienone is 2. The molecule has 16 heteroatoms. The molecule has 4 aromatic rings. The lowest BCUT2D eigenvalue weighted by Gasteiger charge is -2.40. The molecule has 6 aliphatic rings. The zero-order chi connectivity index (χ0) is 46.9. The molecule has 0 radical (unpaired) electrons. The molecule has 1 unspecified atom stereocenters. The van der Waals surface area contributed by atoms with Crippen molar-refractivity contribution in [1.82, 2.24) is 20.0 Å². The molecule has 5 amide bonds. The third-order valence-electron chi connectivity index (χ3n) is 14.0. The van der Waals surface area contributed by atoms with Crippen molar-refractivity contribution in [3.63, 3.8) is 0 Å². The number of nitrogens with one attached hydrogen (secondary N) is 1. The van der Waals surface area contributed by atoms with E-state index in [9.17, 15) is 34.1 Å². The lowest BCUT2D eigenvalue weighted by Crippen LogP contribution is -2.54. The van der Waals surface area contributed by atoms with Gasteiger partial charge in [0.15, 0.2) is 0 Å². The number of piperidine rings is 2. The van der Waals surface area contributed by atoms with Gasteiger partial charge in [-0.2, -0.15) is 0 Å². The Bertz CT molecular complexity index is 2680. The summed E-state index contributed by atoms with van der Waals surface area (Å²) in [6, 6.07) is 26.3. The second-order valence-corrected chi connectivity index (χ2v) is 18.4. The number of anilines is 2. The van der Waals surface area contributed by atoms with Gasteiger partial charge in [0.1, 0.15) is 17.9 Å². The van der Waals surface area contributed by atoms with Gasteiger partial charge in [-0.15, -0.1) is 0 Å². The number of rotatable bonds is 14. The number of carbonyl (C=O) groups excluding carboxylic acids is 5. The summed E-state index contributed by atoms with van der Waals surface area (Å²) in [5, 5.41) is 13.2. The molecule has 10 rings (SSSR count). The van der Waals surface area contributed by atoms with Crippen LogP contribution >= 0.6 is 0 Å². The largest absolute Gasteiger partial charge is 0.490 e. The standard InChI is InChI=1S/C52H53N7O9/c60-48-19-18-47(49(61)53-48)58-51(63)44-17-14-37(30-45(44)52(58)64)56-28-26-55(27-29-56)25-24-54-22-20-39(21-23-54)68-41-31-40(32-41)67-38-15-10-35(11-16-38)33-57-46-7-2-1-5-42(46)43(50(57)62)6-3-4-34-8-12-36(13-9-34)59(65)66/h1-17,30,39-41,47H,18-29,31-33H2,(H,53,60,61)/b4-3+,43-6+. The Labute approximate surface area is 393 Å². The van der Waals surface area contributed by atoms with E-state index in [0.29, 0.717) is 23.2 Å². The fourth-order valence-electron chi connectivity index (χ4n) is 10.1. The number of hydrogen-bond donors (Lipinski definition) is 1. The lowest BCUT2D eigenvalue weighted by molar-refractivity contribution is -0.384. The van der Waals surface area contributed by atoms with Crippen LogP contribution in [0.25, 0.3) is 11.6 Å². The molecule has 68 heavy (non-hydrogen) atoms. The highest BCUT2D eigenvalue weighted by Crippen LogP contribution is 2.38. The first-order valence-corrected chi connectivity index (χ1v) is 23.5. The van der Waals surface area contributed by atoms with Gasteiger partial charge in [0.05, 0.1) is 40.5 Å². The van der Waals surface area contributed by atoms with E-state index in [-0.39, 0.29) is 42.7 Å². The van der Waals surface area contributed by atoms with Crippen molar-refractivity contribution >= 4 is 58.2 Å². The molecule has 5 aliphatic heterocycles. The number of non-ortho nitro benzene ring substituents is 1. The topological polar surface area (TPSA) is 175 Å². The Balaban J connectivity index is 0.621. The fourth-order valence-corrected chi connectivity index (χ4v) is 10.1. The molecule has 350 valence electrons. The van der Waals surface area contributed by atoms with E-state index in [2.05, 4.69) is 20.0 Å². The predicted molar refractivity (Wildman–Crippen MR) is 254 cm³/mol. The number of piperazine rings is 1. The molecule has 1 saturated carbocycles. The van der Waals surface area contributed by atoms with Crippen LogP contribution in [0.5, 0.6) is 5.75 Å². The maximum Gasteiger partial charge on any atom is 0.269 e. The predicted octanol–water partition coefficient (Wildman–Crippen LogP) is 5.85. The van der Waals surface area contributed by atoms with Crippen molar-refractivity contribution in [3.05, 3.63) is 141 Å². The number of fused-ring (bicyclic) bond motifs is 2. The number of carbonyl (C=O) groups is 5. The zero-order valence-corrected chi connectivity index (χ0v) is 37.7. The first kappa shape index (κ1) is 44.8. The van der Waals surface area contributed by atoms with Crippen LogP contribution in [0.4, 0.5) is 17.1 Å². The summed E-state index contributed by atoms with van der Waals surface area (Å²) in [5.41, 5.74) is 5.61. The molecule has 1 atom stereocenters. The van der Waals surface area contributed by atoms with Crippen LogP contribution in [-0.4, -0.2) is 126 Å². The number of hydrogen-bond acceptors (Lipinski definition) is 12. The van der Waals surface area contributed by atoms with Gasteiger partial charge in [0.25, 0.3) is 23.4 Å². The molecule has 4 aromatic carbocycles. The Morgan fingerprint density at radius 2 is 1.41 bits per heavy atom. The minimum Gasteiger partial charge on any atom is -0.490 e. The molecule has 4 fully saturated rings. The van der Waals surface area contributed by atoms with Gasteiger partial charge in [0, 0.05) is 101 Å². The molecule has 0 bridgehead atoms. The average molecular weight is 920 g/mol. The zero-order valence-electron chi connectivity index (χ0n) is 37.7. The number of ether oxygens (including phenoxy) is 2. The van der Waals surface area contributed by atoms with E-state index >= 15 is 0 Å². The van der Waals surface area contributed by atoms with Crippen LogP contribution in [0.3, 0.4) is 0 Å². The Kier molecular flexibility index (Phi) is 12.7. The normalized spacial score (nSPS) is 23.1. The highest BCUT2D eigenvalue weighted by molar-refractivity contribution is 6.32. The molecule has 16 nitrogen and oxygen atoms in total. The third kappa shape index (κ3) is 9.44. The molecule has 0 spiro atoms. The van der Waals surface area contributed by atoms with E-state index in [1.54, 1.807) is 41.3 Å². The first-order valence-electron chi connectivity index (χ1n) is 23.5. The fraction of sp³-hybridized carbons (Fsp3) is 0.365. The van der Waals surface area contributed by atoms with Crippen LogP contribution in [0.2, 0.25) is 0 Å². The summed E-state index contributed by atoms with van der Waals surface area (Å²) in [7, 11) is 0. The molecular formula is C52H53N7O9. The number of nitro benzene ring substituents is 1. The van der Waals surface area contributed by atoms with E-state index in [1.165, 1.54) is 12.1 Å². The summed E-state index contributed by atoms with van der Waals surface area (Å²) >= 11 is 0. The summed E-state index contributed by atoms with van der Waals surface area (Å²) in [6.45, 7) is 7.81. The van der Waals surface area contributed by atoms with Crippen LogP contribution < -0.4 is 19.9 Å². The van der Waals surface area contributed by atoms with E-state index in [1.807, 2.05) is 60.7 Å². The van der Waals surface area contributed by atoms with Crippen molar-refractivity contribution in [2.24, 2.45) is 0 Å². The maximum atomic E-state index is 13.7. The number of imide groups is 2. The third-order valence-corrected chi connectivity index (χ3v) is 14.0. The number of amides is 5. The quantitative estimate of drug-likeness (QED) is 0.0693. The van der Waals surface area contributed by atoms with Crippen molar-refractivity contribution in [1.29, 1.82) is 0 Å². The van der Waals surface area contributed by atoms with Gasteiger partial charge >= 0.3 is 0 Å². The lowest BCUT2D eigenvalue weighted by atomic mass is 9.91. The van der Waals surface area contributed by atoms with Gasteiger partial charge in [-0.05, 0) is 85.0 Å². The average Bonchev–Trinajstić information content (AvgIpc) is 3.75. The number of nitrogens with zero attached hydrogens (tertiary/aromatic N) is 6. The SMILES string of the molecule is O=C1CCC(N2C(=O)c3ccc(N4CCN(CCN5CCC(OC6CC(Oc7ccc(CN8C(=O)/C(=C/C=C/c9ccc([N+](=O)[O-])cc9)c9ccccc98)cc7)C6)CC5)CC4)cc3C2=O)C(=O)N1. The molecule has 1 N–H and O–H groups in total. The summed E-state index contributed by atoms with van der Waals surface area (Å²) in [6.07, 6.45) is 9.96. The maximum absolute atomic E-state index is 13.7. The van der Waals surface area contributed by atoms with Gasteiger partial charge in [-0.1, -0.05) is 42.5 Å². The van der Waals surface area contributed by atoms with E-state index in [0.717, 1.165) is 117 Å². The monoisotopic (exact) mass is 919 g/mol. The highest BCUT2D eigenvalue weighted by Gasteiger charge is 2.45.